The van der Waals surface area contributed by atoms with Crippen molar-refractivity contribution in [3.63, 3.8) is 0 Å². The van der Waals surface area contributed by atoms with E-state index in [2.05, 4.69) is 0 Å². The minimum Gasteiger partial charge on any atom is -0.376 e. The lowest BCUT2D eigenvalue weighted by Crippen LogP contribution is -2.52. The summed E-state index contributed by atoms with van der Waals surface area (Å²) in [6, 6.07) is 0. The molecule has 1 radical (unpaired) electrons. The van der Waals surface area contributed by atoms with Crippen LogP contribution in [0, 0.1) is 5.92 Å². The Morgan fingerprint density at radius 2 is 2.29 bits per heavy atom. The first-order valence-corrected chi connectivity index (χ1v) is 2.47. The molecule has 0 saturated heterocycles. The van der Waals surface area contributed by atoms with Gasteiger partial charge in [-0.3, -0.25) is 0 Å². The van der Waals surface area contributed by atoms with E-state index >= 15 is 0 Å². The quantitative estimate of drug-likeness (QED) is 0.421. The molecular formula is C5H10NO. The van der Waals surface area contributed by atoms with Crippen LogP contribution in [0.4, 0.5) is 0 Å². The Labute approximate surface area is 43.3 Å². The van der Waals surface area contributed by atoms with E-state index in [0.29, 0.717) is 0 Å². The second-order valence-electron chi connectivity index (χ2n) is 2.20. The Morgan fingerprint density at radius 3 is 2.29 bits per heavy atom. The fourth-order valence-corrected chi connectivity index (χ4v) is 0.631. The van der Waals surface area contributed by atoms with Crippen molar-refractivity contribution in [2.75, 3.05) is 0 Å². The van der Waals surface area contributed by atoms with Gasteiger partial charge in [-0.1, -0.05) is 6.92 Å². The maximum Gasteiger partial charge on any atom is 0.119 e. The fourth-order valence-electron chi connectivity index (χ4n) is 0.631. The molecule has 1 aliphatic carbocycles. The summed E-state index contributed by atoms with van der Waals surface area (Å²) in [4.78, 5) is 0. The number of aliphatic hydroxyl groups is 1. The van der Waals surface area contributed by atoms with E-state index in [9.17, 15) is 0 Å². The van der Waals surface area contributed by atoms with E-state index in [1.165, 1.54) is 0 Å². The van der Waals surface area contributed by atoms with Gasteiger partial charge in [0.15, 0.2) is 0 Å². The molecule has 0 amide bonds. The van der Waals surface area contributed by atoms with Gasteiger partial charge in [0.1, 0.15) is 5.72 Å². The van der Waals surface area contributed by atoms with Crippen LogP contribution in [0.3, 0.4) is 0 Å². The molecule has 0 aromatic rings. The highest BCUT2D eigenvalue weighted by molar-refractivity contribution is 5.11. The van der Waals surface area contributed by atoms with E-state index in [1.807, 2.05) is 6.92 Å². The molecular weight excluding hydrogens is 90.1 g/mol. The third-order valence-electron chi connectivity index (χ3n) is 1.62. The molecule has 3 N–H and O–H groups in total. The van der Waals surface area contributed by atoms with Crippen LogP contribution in [0.25, 0.3) is 0 Å². The molecule has 1 unspecified atom stereocenters. The van der Waals surface area contributed by atoms with Crippen LogP contribution in [0.15, 0.2) is 0 Å². The molecule has 2 nitrogen and oxygen atoms in total. The zero-order valence-electron chi connectivity index (χ0n) is 4.44. The normalized spacial score (nSPS) is 43.3. The number of nitrogens with two attached hydrogens (primary N) is 1. The van der Waals surface area contributed by atoms with Crippen LogP contribution in [0.2, 0.25) is 0 Å². The second kappa shape index (κ2) is 1.20. The van der Waals surface area contributed by atoms with Gasteiger partial charge in [0, 0.05) is 5.92 Å². The Kier molecular flexibility index (Phi) is 0.869. The molecule has 0 aliphatic heterocycles. The molecule has 0 heterocycles. The van der Waals surface area contributed by atoms with Gasteiger partial charge < -0.3 is 10.8 Å². The summed E-state index contributed by atoms with van der Waals surface area (Å²) in [5, 5.41) is 8.92. The lowest BCUT2D eigenvalue weighted by Gasteiger charge is -2.39. The Bertz CT molecular complexity index is 80.1. The van der Waals surface area contributed by atoms with Gasteiger partial charge in [0.2, 0.25) is 0 Å². The summed E-state index contributed by atoms with van der Waals surface area (Å²) in [6.07, 6.45) is 1.73. The maximum absolute atomic E-state index is 8.92. The molecule has 1 saturated carbocycles. The molecule has 0 spiro atoms. The van der Waals surface area contributed by atoms with Gasteiger partial charge in [-0.25, -0.2) is 0 Å². The molecule has 2 heteroatoms. The summed E-state index contributed by atoms with van der Waals surface area (Å²) in [6.45, 7) is 1.88. The van der Waals surface area contributed by atoms with Crippen molar-refractivity contribution in [3.8, 4) is 0 Å². The fraction of sp³-hybridized carbons (Fsp3) is 0.800. The SMILES string of the molecule is C[C]1CCC1(N)O. The second-order valence-corrected chi connectivity index (χ2v) is 2.20. The predicted molar refractivity (Wildman–Crippen MR) is 27.3 cm³/mol. The largest absolute Gasteiger partial charge is 0.376 e. The van der Waals surface area contributed by atoms with Crippen molar-refractivity contribution in [2.24, 2.45) is 5.73 Å². The van der Waals surface area contributed by atoms with E-state index in [4.69, 9.17) is 10.8 Å². The Hall–Kier alpha value is -0.0800. The Balaban J connectivity index is 2.43. The van der Waals surface area contributed by atoms with Crippen LogP contribution in [-0.2, 0) is 0 Å². The van der Waals surface area contributed by atoms with Gasteiger partial charge in [0.25, 0.3) is 0 Å². The summed E-state index contributed by atoms with van der Waals surface area (Å²) >= 11 is 0. The zero-order chi connectivity index (χ0) is 5.49. The molecule has 1 atom stereocenters. The molecule has 0 aromatic heterocycles. The minimum absolute atomic E-state index is 0.735. The summed E-state index contributed by atoms with van der Waals surface area (Å²) in [5.41, 5.74) is 4.38. The first-order valence-electron chi connectivity index (χ1n) is 2.47. The summed E-state index contributed by atoms with van der Waals surface area (Å²) in [7, 11) is 0. The van der Waals surface area contributed by atoms with Crippen LogP contribution >= 0.6 is 0 Å². The first kappa shape index (κ1) is 5.06. The van der Waals surface area contributed by atoms with Gasteiger partial charge in [-0.15, -0.1) is 0 Å². The van der Waals surface area contributed by atoms with Gasteiger partial charge >= 0.3 is 0 Å². The third-order valence-corrected chi connectivity index (χ3v) is 1.62. The van der Waals surface area contributed by atoms with Crippen molar-refractivity contribution in [1.82, 2.24) is 0 Å². The van der Waals surface area contributed by atoms with Crippen molar-refractivity contribution in [2.45, 2.75) is 25.5 Å². The molecule has 1 fully saturated rings. The van der Waals surface area contributed by atoms with E-state index in [0.717, 1.165) is 18.8 Å². The third kappa shape index (κ3) is 0.640. The summed E-state index contributed by atoms with van der Waals surface area (Å²) < 4.78 is 0. The smallest absolute Gasteiger partial charge is 0.119 e. The number of hydrogen-bond acceptors (Lipinski definition) is 2. The Morgan fingerprint density at radius 1 is 1.86 bits per heavy atom. The lowest BCUT2D eigenvalue weighted by molar-refractivity contribution is 0.00173. The average molecular weight is 100 g/mol. The van der Waals surface area contributed by atoms with Crippen molar-refractivity contribution < 1.29 is 5.11 Å². The monoisotopic (exact) mass is 100 g/mol. The number of hydrogen-bond donors (Lipinski definition) is 2. The zero-order valence-corrected chi connectivity index (χ0v) is 4.44. The highest BCUT2D eigenvalue weighted by Crippen LogP contribution is 2.34. The van der Waals surface area contributed by atoms with E-state index < -0.39 is 5.72 Å². The topological polar surface area (TPSA) is 46.2 Å². The van der Waals surface area contributed by atoms with Crippen LogP contribution < -0.4 is 5.73 Å². The van der Waals surface area contributed by atoms with E-state index in [1.54, 1.807) is 0 Å². The van der Waals surface area contributed by atoms with Crippen molar-refractivity contribution in [3.05, 3.63) is 5.92 Å². The maximum atomic E-state index is 8.92. The lowest BCUT2D eigenvalue weighted by atomic mass is 9.78. The van der Waals surface area contributed by atoms with Gasteiger partial charge in [-0.2, -0.15) is 0 Å². The standard InChI is InChI=1S/C5H10NO/c1-4-2-3-5(4,6)7/h7H,2-3,6H2,1H3. The first-order chi connectivity index (χ1) is 3.13. The molecule has 41 valence electrons. The average Bonchev–Trinajstić information content (AvgIpc) is 1.63. The van der Waals surface area contributed by atoms with Gasteiger partial charge in [-0.05, 0) is 12.8 Å². The highest BCUT2D eigenvalue weighted by Gasteiger charge is 2.38. The van der Waals surface area contributed by atoms with Gasteiger partial charge in [0.05, 0.1) is 0 Å². The molecule has 1 aliphatic rings. The van der Waals surface area contributed by atoms with E-state index in [-0.39, 0.29) is 0 Å². The molecule has 1 rings (SSSR count). The van der Waals surface area contributed by atoms with Crippen molar-refractivity contribution in [1.29, 1.82) is 0 Å². The molecule has 0 aromatic carbocycles. The van der Waals surface area contributed by atoms with Crippen LogP contribution in [-0.4, -0.2) is 10.8 Å². The highest BCUT2D eigenvalue weighted by atomic mass is 16.3. The van der Waals surface area contributed by atoms with Crippen LogP contribution in [0.5, 0.6) is 0 Å². The predicted octanol–water partition coefficient (Wildman–Crippen LogP) is 0.0219. The molecule has 7 heavy (non-hydrogen) atoms. The summed E-state index contributed by atoms with van der Waals surface area (Å²) in [5.74, 6) is 1.01. The molecule has 0 bridgehead atoms. The van der Waals surface area contributed by atoms with Crippen molar-refractivity contribution >= 4 is 0 Å². The number of rotatable bonds is 0. The minimum atomic E-state index is -0.903. The van der Waals surface area contributed by atoms with Crippen LogP contribution in [0.1, 0.15) is 19.8 Å².